The van der Waals surface area contributed by atoms with Crippen LogP contribution >= 0.6 is 24.0 Å². The second-order valence-corrected chi connectivity index (χ2v) is 6.28. The summed E-state index contributed by atoms with van der Waals surface area (Å²) >= 11 is 0. The van der Waals surface area contributed by atoms with Crippen LogP contribution in [0.3, 0.4) is 0 Å². The zero-order chi connectivity index (χ0) is 19.1. The molecule has 1 aromatic heterocycles. The molecule has 2 aromatic rings. The number of halogens is 2. The molecular weight excluding hydrogens is 474 g/mol. The highest BCUT2D eigenvalue weighted by molar-refractivity contribution is 14.0. The molecule has 0 bridgehead atoms. The third-order valence-electron chi connectivity index (χ3n) is 4.42. The third-order valence-corrected chi connectivity index (χ3v) is 4.42. The molecule has 0 saturated carbocycles. The Bertz CT molecular complexity index is 738. The van der Waals surface area contributed by atoms with Gasteiger partial charge in [-0.25, -0.2) is 14.4 Å². The van der Waals surface area contributed by atoms with Crippen molar-refractivity contribution in [1.29, 1.82) is 0 Å². The van der Waals surface area contributed by atoms with Crippen LogP contribution < -0.4 is 10.2 Å². The van der Waals surface area contributed by atoms with Crippen LogP contribution in [-0.4, -0.2) is 65.2 Å². The van der Waals surface area contributed by atoms with Crippen LogP contribution in [0.2, 0.25) is 0 Å². The van der Waals surface area contributed by atoms with Crippen molar-refractivity contribution in [1.82, 2.24) is 20.2 Å². The Hall–Kier alpha value is -2.01. The number of anilines is 1. The fraction of sp³-hybridized carbons (Fsp3) is 0.421. The van der Waals surface area contributed by atoms with Gasteiger partial charge < -0.3 is 20.2 Å². The van der Waals surface area contributed by atoms with E-state index in [1.807, 2.05) is 13.0 Å². The monoisotopic (exact) mass is 500 g/mol. The first-order valence-electron chi connectivity index (χ1n) is 9.16. The van der Waals surface area contributed by atoms with Gasteiger partial charge in [-0.3, -0.25) is 4.99 Å². The number of benzene rings is 1. The number of hydrogen-bond acceptors (Lipinski definition) is 5. The highest BCUT2D eigenvalue weighted by Gasteiger charge is 2.21. The van der Waals surface area contributed by atoms with Crippen molar-refractivity contribution in [2.24, 2.45) is 4.99 Å². The number of aliphatic hydroxyl groups excluding tert-OH is 1. The van der Waals surface area contributed by atoms with Crippen molar-refractivity contribution in [3.63, 3.8) is 0 Å². The fourth-order valence-electron chi connectivity index (χ4n) is 2.96. The zero-order valence-corrected chi connectivity index (χ0v) is 18.2. The largest absolute Gasteiger partial charge is 0.386 e. The van der Waals surface area contributed by atoms with Gasteiger partial charge in [0.25, 0.3) is 0 Å². The minimum atomic E-state index is -0.765. The quantitative estimate of drug-likeness (QED) is 0.372. The molecule has 1 fully saturated rings. The molecule has 1 aliphatic heterocycles. The molecule has 0 spiro atoms. The van der Waals surface area contributed by atoms with Gasteiger partial charge in [0.05, 0.1) is 12.6 Å². The molecule has 1 saturated heterocycles. The molecule has 0 radical (unpaired) electrons. The minimum Gasteiger partial charge on any atom is -0.386 e. The van der Waals surface area contributed by atoms with Crippen LogP contribution in [0.1, 0.15) is 18.6 Å². The summed E-state index contributed by atoms with van der Waals surface area (Å²) < 4.78 is 13.0. The molecule has 9 heteroatoms. The van der Waals surface area contributed by atoms with Gasteiger partial charge in [0.2, 0.25) is 5.95 Å². The number of guanidine groups is 1. The van der Waals surface area contributed by atoms with Gasteiger partial charge in [0, 0.05) is 45.1 Å². The molecule has 0 amide bonds. The maximum atomic E-state index is 13.0. The molecule has 2 N–H and O–H groups in total. The lowest BCUT2D eigenvalue weighted by molar-refractivity contribution is 0.186. The maximum Gasteiger partial charge on any atom is 0.225 e. The summed E-state index contributed by atoms with van der Waals surface area (Å²) in [5.41, 5.74) is 0.655. The summed E-state index contributed by atoms with van der Waals surface area (Å²) in [7, 11) is 0. The van der Waals surface area contributed by atoms with Crippen molar-refractivity contribution < 1.29 is 9.50 Å². The van der Waals surface area contributed by atoms with Gasteiger partial charge in [-0.05, 0) is 30.7 Å². The first kappa shape index (κ1) is 22.3. The summed E-state index contributed by atoms with van der Waals surface area (Å²) in [5, 5.41) is 13.6. The number of nitrogens with one attached hydrogen (secondary N) is 1. The number of aliphatic imine (C=N–C) groups is 1. The normalized spacial score (nSPS) is 15.8. The van der Waals surface area contributed by atoms with E-state index >= 15 is 0 Å². The van der Waals surface area contributed by atoms with E-state index in [9.17, 15) is 9.50 Å². The Kier molecular flexibility index (Phi) is 8.84. The Morgan fingerprint density at radius 1 is 1.18 bits per heavy atom. The predicted molar refractivity (Wildman–Crippen MR) is 119 cm³/mol. The van der Waals surface area contributed by atoms with E-state index in [1.165, 1.54) is 12.1 Å². The molecular formula is C19H26FIN6O. The van der Waals surface area contributed by atoms with Gasteiger partial charge in [-0.2, -0.15) is 0 Å². The van der Waals surface area contributed by atoms with Gasteiger partial charge in [-0.1, -0.05) is 12.1 Å². The molecule has 152 valence electrons. The van der Waals surface area contributed by atoms with Gasteiger partial charge >= 0.3 is 0 Å². The van der Waals surface area contributed by atoms with Gasteiger partial charge in [0.15, 0.2) is 5.96 Å². The van der Waals surface area contributed by atoms with E-state index in [4.69, 9.17) is 0 Å². The molecule has 1 aliphatic rings. The lowest BCUT2D eigenvalue weighted by atomic mass is 10.1. The summed E-state index contributed by atoms with van der Waals surface area (Å²) in [4.78, 5) is 17.5. The molecule has 0 aliphatic carbocycles. The fourth-order valence-corrected chi connectivity index (χ4v) is 2.96. The highest BCUT2D eigenvalue weighted by Crippen LogP contribution is 2.14. The SMILES string of the molecule is CCNC(=NCC(O)c1ccc(F)cc1)N1CCN(c2ncccn2)CC1.I. The van der Waals surface area contributed by atoms with Crippen LogP contribution in [0.25, 0.3) is 0 Å². The zero-order valence-electron chi connectivity index (χ0n) is 15.8. The smallest absolute Gasteiger partial charge is 0.225 e. The topological polar surface area (TPSA) is 76.9 Å². The Labute approximate surface area is 181 Å². The molecule has 3 rings (SSSR count). The first-order chi connectivity index (χ1) is 13.2. The average molecular weight is 500 g/mol. The Morgan fingerprint density at radius 2 is 1.82 bits per heavy atom. The van der Waals surface area contributed by atoms with E-state index in [0.29, 0.717) is 5.56 Å². The number of hydrogen-bond donors (Lipinski definition) is 2. The van der Waals surface area contributed by atoms with Gasteiger partial charge in [-0.15, -0.1) is 24.0 Å². The number of rotatable bonds is 5. The van der Waals surface area contributed by atoms with Crippen LogP contribution in [0.15, 0.2) is 47.7 Å². The summed E-state index contributed by atoms with van der Waals surface area (Å²) in [6.07, 6.45) is 2.73. The molecule has 1 unspecified atom stereocenters. The molecule has 7 nitrogen and oxygen atoms in total. The van der Waals surface area contributed by atoms with E-state index in [-0.39, 0.29) is 36.3 Å². The van der Waals surface area contributed by atoms with E-state index in [1.54, 1.807) is 24.5 Å². The van der Waals surface area contributed by atoms with Crippen molar-refractivity contribution in [3.8, 4) is 0 Å². The molecule has 28 heavy (non-hydrogen) atoms. The number of aromatic nitrogens is 2. The van der Waals surface area contributed by atoms with Crippen molar-refractivity contribution >= 4 is 35.9 Å². The van der Waals surface area contributed by atoms with Crippen LogP contribution in [0.4, 0.5) is 10.3 Å². The van der Waals surface area contributed by atoms with Crippen LogP contribution in [0, 0.1) is 5.82 Å². The second-order valence-electron chi connectivity index (χ2n) is 6.28. The lowest BCUT2D eigenvalue weighted by Crippen LogP contribution is -2.53. The van der Waals surface area contributed by atoms with Crippen molar-refractivity contribution in [2.75, 3.05) is 44.2 Å². The summed E-state index contributed by atoms with van der Waals surface area (Å²) in [5.74, 6) is 1.20. The Morgan fingerprint density at radius 3 is 2.43 bits per heavy atom. The Balaban J connectivity index is 0.00000280. The second kappa shape index (κ2) is 11.1. The molecule has 1 aromatic carbocycles. The van der Waals surface area contributed by atoms with Crippen LogP contribution in [-0.2, 0) is 0 Å². The first-order valence-corrected chi connectivity index (χ1v) is 9.16. The molecule has 2 heterocycles. The summed E-state index contributed by atoms with van der Waals surface area (Å²) in [6.45, 7) is 6.15. The van der Waals surface area contributed by atoms with E-state index in [2.05, 4.69) is 30.1 Å². The van der Waals surface area contributed by atoms with Crippen molar-refractivity contribution in [3.05, 3.63) is 54.1 Å². The van der Waals surface area contributed by atoms with E-state index in [0.717, 1.165) is 44.6 Å². The maximum absolute atomic E-state index is 13.0. The minimum absolute atomic E-state index is 0. The number of aliphatic hydroxyl groups is 1. The standard InChI is InChI=1S/C19H25FN6O.HI/c1-2-21-18(24-14-17(27)15-4-6-16(20)7-5-15)25-10-12-26(13-11-25)19-22-8-3-9-23-19;/h3-9,17,27H,2,10-14H2,1H3,(H,21,24);1H. The number of nitrogens with zero attached hydrogens (tertiary/aromatic N) is 5. The van der Waals surface area contributed by atoms with Crippen molar-refractivity contribution in [2.45, 2.75) is 13.0 Å². The molecule has 1 atom stereocenters. The van der Waals surface area contributed by atoms with Crippen LogP contribution in [0.5, 0.6) is 0 Å². The highest BCUT2D eigenvalue weighted by atomic mass is 127. The number of piperazine rings is 1. The van der Waals surface area contributed by atoms with Gasteiger partial charge in [0.1, 0.15) is 5.82 Å². The summed E-state index contributed by atoms with van der Waals surface area (Å²) in [6, 6.07) is 7.67. The van der Waals surface area contributed by atoms with E-state index < -0.39 is 6.10 Å². The average Bonchev–Trinajstić information content (AvgIpc) is 2.72. The third kappa shape index (κ3) is 5.99. The predicted octanol–water partition coefficient (Wildman–Crippen LogP) is 2.05. The lowest BCUT2D eigenvalue weighted by Gasteiger charge is -2.36.